The van der Waals surface area contributed by atoms with Crippen LogP contribution in [0.4, 0.5) is 8.78 Å². The molecule has 0 spiro atoms. The summed E-state index contributed by atoms with van der Waals surface area (Å²) in [5.41, 5.74) is 5.40. The van der Waals surface area contributed by atoms with Gasteiger partial charge in [-0.3, -0.25) is 0 Å². The van der Waals surface area contributed by atoms with E-state index in [1.54, 1.807) is 6.92 Å². The van der Waals surface area contributed by atoms with Crippen LogP contribution in [0.1, 0.15) is 18.6 Å². The molecule has 1 unspecified atom stereocenters. The van der Waals surface area contributed by atoms with Crippen molar-refractivity contribution in [3.05, 3.63) is 29.3 Å². The third-order valence-corrected chi connectivity index (χ3v) is 1.95. The molecule has 5 heteroatoms. The molecule has 0 heterocycles. The Labute approximate surface area is 86.5 Å². The first kappa shape index (κ1) is 11.9. The predicted molar refractivity (Wildman–Crippen MR) is 51.5 cm³/mol. The predicted octanol–water partition coefficient (Wildman–Crippen LogP) is 1.36. The lowest BCUT2D eigenvalue weighted by atomic mass is 10.1. The van der Waals surface area contributed by atoms with Crippen LogP contribution < -0.4 is 10.5 Å². The summed E-state index contributed by atoms with van der Waals surface area (Å²) in [6.45, 7) is 1.75. The number of benzene rings is 1. The first-order chi connectivity index (χ1) is 7.11. The maximum Gasteiger partial charge on any atom is 0.200 e. The first-order valence-corrected chi connectivity index (χ1v) is 4.60. The Hall–Kier alpha value is -1.20. The van der Waals surface area contributed by atoms with Crippen LogP contribution >= 0.6 is 0 Å². The Morgan fingerprint density at radius 3 is 2.67 bits per heavy atom. The Balaban J connectivity index is 3.20. The first-order valence-electron chi connectivity index (χ1n) is 4.60. The summed E-state index contributed by atoms with van der Waals surface area (Å²) in [7, 11) is 0. The van der Waals surface area contributed by atoms with E-state index in [-0.39, 0.29) is 24.5 Å². The van der Waals surface area contributed by atoms with Gasteiger partial charge in [0.15, 0.2) is 11.6 Å². The quantitative estimate of drug-likeness (QED) is 0.800. The Kier molecular flexibility index (Phi) is 3.99. The monoisotopic (exact) mass is 217 g/mol. The van der Waals surface area contributed by atoms with E-state index < -0.39 is 17.7 Å². The van der Waals surface area contributed by atoms with Gasteiger partial charge in [0.05, 0.1) is 12.7 Å². The van der Waals surface area contributed by atoms with Crippen molar-refractivity contribution in [2.75, 3.05) is 13.2 Å². The topological polar surface area (TPSA) is 55.5 Å². The van der Waals surface area contributed by atoms with Crippen LogP contribution in [0, 0.1) is 11.6 Å². The fraction of sp³-hybridized carbons (Fsp3) is 0.400. The number of aliphatic hydroxyl groups is 1. The van der Waals surface area contributed by atoms with Crippen molar-refractivity contribution >= 4 is 0 Å². The molecule has 3 N–H and O–H groups in total. The zero-order valence-electron chi connectivity index (χ0n) is 8.34. The van der Waals surface area contributed by atoms with Crippen molar-refractivity contribution in [2.24, 2.45) is 5.73 Å². The van der Waals surface area contributed by atoms with E-state index in [9.17, 15) is 13.9 Å². The van der Waals surface area contributed by atoms with Crippen molar-refractivity contribution in [1.29, 1.82) is 0 Å². The van der Waals surface area contributed by atoms with E-state index in [2.05, 4.69) is 0 Å². The van der Waals surface area contributed by atoms with Crippen LogP contribution in [0.5, 0.6) is 5.75 Å². The minimum atomic E-state index is -1.10. The second kappa shape index (κ2) is 5.04. The van der Waals surface area contributed by atoms with E-state index in [1.807, 2.05) is 0 Å². The van der Waals surface area contributed by atoms with Gasteiger partial charge in [-0.2, -0.15) is 4.39 Å². The van der Waals surface area contributed by atoms with Gasteiger partial charge in [-0.05, 0) is 19.1 Å². The van der Waals surface area contributed by atoms with E-state index in [0.29, 0.717) is 0 Å². The molecule has 15 heavy (non-hydrogen) atoms. The average molecular weight is 217 g/mol. The Bertz CT molecular complexity index is 344. The highest BCUT2D eigenvalue weighted by molar-refractivity contribution is 5.37. The molecule has 0 fully saturated rings. The van der Waals surface area contributed by atoms with Crippen molar-refractivity contribution in [3.8, 4) is 5.75 Å². The highest BCUT2D eigenvalue weighted by atomic mass is 19.2. The summed E-state index contributed by atoms with van der Waals surface area (Å²) >= 11 is 0. The number of aliphatic hydroxyl groups excluding tert-OH is 1. The number of hydrogen-bond donors (Lipinski definition) is 2. The van der Waals surface area contributed by atoms with Crippen LogP contribution in [-0.4, -0.2) is 18.3 Å². The lowest BCUT2D eigenvalue weighted by Gasteiger charge is -2.14. The van der Waals surface area contributed by atoms with Gasteiger partial charge < -0.3 is 15.6 Å². The summed E-state index contributed by atoms with van der Waals surface area (Å²) in [5.74, 6) is -2.37. The zero-order valence-corrected chi connectivity index (χ0v) is 8.34. The largest absolute Gasteiger partial charge is 0.490 e. The molecular formula is C10H13F2NO2. The molecule has 84 valence electrons. The molecule has 0 radical (unpaired) electrons. The van der Waals surface area contributed by atoms with Gasteiger partial charge in [0.1, 0.15) is 0 Å². The summed E-state index contributed by atoms with van der Waals surface area (Å²) in [5, 5.41) is 9.46. The smallest absolute Gasteiger partial charge is 0.200 e. The molecule has 0 amide bonds. The van der Waals surface area contributed by atoms with Crippen LogP contribution in [0.15, 0.2) is 12.1 Å². The number of nitrogens with two attached hydrogens (primary N) is 1. The molecule has 0 aliphatic rings. The van der Waals surface area contributed by atoms with Crippen molar-refractivity contribution in [2.45, 2.75) is 13.0 Å². The number of rotatable bonds is 4. The standard InChI is InChI=1S/C10H13F2NO2/c1-2-15-10-6(8(14)5-13)3-4-7(11)9(10)12/h3-4,8,14H,2,5,13H2,1H3. The third-order valence-electron chi connectivity index (χ3n) is 1.95. The molecule has 3 nitrogen and oxygen atoms in total. The maximum absolute atomic E-state index is 13.3. The van der Waals surface area contributed by atoms with E-state index in [0.717, 1.165) is 6.07 Å². The highest BCUT2D eigenvalue weighted by Crippen LogP contribution is 2.29. The summed E-state index contributed by atoms with van der Waals surface area (Å²) in [6, 6.07) is 2.20. The molecular weight excluding hydrogens is 204 g/mol. The molecule has 0 bridgehead atoms. The van der Waals surface area contributed by atoms with Gasteiger partial charge in [0, 0.05) is 12.1 Å². The van der Waals surface area contributed by atoms with E-state index in [1.165, 1.54) is 6.07 Å². The fourth-order valence-electron chi connectivity index (χ4n) is 1.23. The van der Waals surface area contributed by atoms with E-state index in [4.69, 9.17) is 10.5 Å². The van der Waals surface area contributed by atoms with E-state index >= 15 is 0 Å². The van der Waals surface area contributed by atoms with Crippen molar-refractivity contribution < 1.29 is 18.6 Å². The molecule has 1 aromatic carbocycles. The van der Waals surface area contributed by atoms with Crippen LogP contribution in [0.3, 0.4) is 0 Å². The van der Waals surface area contributed by atoms with Crippen LogP contribution in [0.2, 0.25) is 0 Å². The fourth-order valence-corrected chi connectivity index (χ4v) is 1.23. The second-order valence-electron chi connectivity index (χ2n) is 2.96. The summed E-state index contributed by atoms with van der Waals surface area (Å²) < 4.78 is 31.1. The molecule has 1 rings (SSSR count). The third kappa shape index (κ3) is 2.43. The molecule has 0 saturated carbocycles. The zero-order chi connectivity index (χ0) is 11.4. The summed E-state index contributed by atoms with van der Waals surface area (Å²) in [4.78, 5) is 0. The SMILES string of the molecule is CCOc1c(C(O)CN)ccc(F)c1F. The van der Waals surface area contributed by atoms with Gasteiger partial charge in [-0.25, -0.2) is 4.39 Å². The highest BCUT2D eigenvalue weighted by Gasteiger charge is 2.19. The maximum atomic E-state index is 13.3. The lowest BCUT2D eigenvalue weighted by molar-refractivity contribution is 0.178. The normalized spacial score (nSPS) is 12.6. The van der Waals surface area contributed by atoms with Crippen molar-refractivity contribution in [1.82, 2.24) is 0 Å². The Morgan fingerprint density at radius 2 is 2.13 bits per heavy atom. The van der Waals surface area contributed by atoms with Gasteiger partial charge in [-0.1, -0.05) is 0 Å². The van der Waals surface area contributed by atoms with Gasteiger partial charge >= 0.3 is 0 Å². The van der Waals surface area contributed by atoms with Gasteiger partial charge in [0.25, 0.3) is 0 Å². The van der Waals surface area contributed by atoms with Crippen LogP contribution in [-0.2, 0) is 0 Å². The minimum Gasteiger partial charge on any atom is -0.490 e. The van der Waals surface area contributed by atoms with Crippen molar-refractivity contribution in [3.63, 3.8) is 0 Å². The lowest BCUT2D eigenvalue weighted by Crippen LogP contribution is -2.14. The molecule has 0 saturated heterocycles. The Morgan fingerprint density at radius 1 is 1.47 bits per heavy atom. The number of halogens is 2. The molecule has 0 aliphatic carbocycles. The summed E-state index contributed by atoms with van der Waals surface area (Å²) in [6.07, 6.45) is -1.05. The number of hydrogen-bond acceptors (Lipinski definition) is 3. The molecule has 0 aliphatic heterocycles. The van der Waals surface area contributed by atoms with Gasteiger partial charge in [0.2, 0.25) is 5.82 Å². The molecule has 1 aromatic rings. The van der Waals surface area contributed by atoms with Crippen LogP contribution in [0.25, 0.3) is 0 Å². The minimum absolute atomic E-state index is 0.0782. The molecule has 0 aromatic heterocycles. The second-order valence-corrected chi connectivity index (χ2v) is 2.96. The number of ether oxygens (including phenoxy) is 1. The van der Waals surface area contributed by atoms with Gasteiger partial charge in [-0.15, -0.1) is 0 Å². The average Bonchev–Trinajstić information content (AvgIpc) is 2.24. The molecule has 1 atom stereocenters.